The normalized spacial score (nSPS) is 10.8. The SMILES string of the molecule is Cc1cccn2c(=O)cc(COC(=O)c3ccc(Cl)c(Cl)c3)nc12. The lowest BCUT2D eigenvalue weighted by atomic mass is 10.2. The maximum absolute atomic E-state index is 12.1. The first-order valence-electron chi connectivity index (χ1n) is 7.06. The Labute approximate surface area is 147 Å². The second-order valence-electron chi connectivity index (χ2n) is 5.18. The van der Waals surface area contributed by atoms with E-state index in [4.69, 9.17) is 27.9 Å². The first kappa shape index (κ1) is 16.5. The number of fused-ring (bicyclic) bond motifs is 1. The highest BCUT2D eigenvalue weighted by Crippen LogP contribution is 2.23. The average Bonchev–Trinajstić information content (AvgIpc) is 2.56. The summed E-state index contributed by atoms with van der Waals surface area (Å²) in [5.41, 5.74) is 1.81. The van der Waals surface area contributed by atoms with Gasteiger partial charge in [-0.2, -0.15) is 0 Å². The third-order valence-electron chi connectivity index (χ3n) is 3.45. The zero-order valence-corrected chi connectivity index (χ0v) is 14.1. The molecule has 24 heavy (non-hydrogen) atoms. The minimum atomic E-state index is -0.569. The molecule has 2 aromatic heterocycles. The minimum Gasteiger partial charge on any atom is -0.456 e. The van der Waals surface area contributed by atoms with Crippen LogP contribution in [0.5, 0.6) is 0 Å². The van der Waals surface area contributed by atoms with Gasteiger partial charge in [-0.3, -0.25) is 9.20 Å². The summed E-state index contributed by atoms with van der Waals surface area (Å²) >= 11 is 11.7. The van der Waals surface area contributed by atoms with Crippen molar-refractivity contribution in [1.82, 2.24) is 9.38 Å². The number of carbonyl (C=O) groups excluding carboxylic acids is 1. The lowest BCUT2D eigenvalue weighted by Crippen LogP contribution is -2.17. The van der Waals surface area contributed by atoms with E-state index in [0.717, 1.165) is 5.56 Å². The fraction of sp³-hybridized carbons (Fsp3) is 0.118. The van der Waals surface area contributed by atoms with Gasteiger partial charge in [-0.25, -0.2) is 9.78 Å². The molecule has 0 aliphatic heterocycles. The van der Waals surface area contributed by atoms with Crippen molar-refractivity contribution >= 4 is 34.8 Å². The molecule has 0 aliphatic rings. The monoisotopic (exact) mass is 362 g/mol. The van der Waals surface area contributed by atoms with Crippen molar-refractivity contribution in [1.29, 1.82) is 0 Å². The number of carbonyl (C=O) groups is 1. The van der Waals surface area contributed by atoms with Crippen molar-refractivity contribution in [3.05, 3.63) is 79.8 Å². The number of ether oxygens (including phenoxy) is 1. The summed E-state index contributed by atoms with van der Waals surface area (Å²) in [6, 6.07) is 9.43. The Kier molecular flexibility index (Phi) is 4.55. The Morgan fingerprint density at radius 3 is 2.75 bits per heavy atom. The standard InChI is InChI=1S/C17H12Cl2N2O3/c1-10-3-2-6-21-15(22)8-12(20-16(10)21)9-24-17(23)11-4-5-13(18)14(19)7-11/h2-8H,9H2,1H3. The van der Waals surface area contributed by atoms with Crippen molar-refractivity contribution in [2.75, 3.05) is 0 Å². The van der Waals surface area contributed by atoms with E-state index in [1.807, 2.05) is 13.0 Å². The lowest BCUT2D eigenvalue weighted by molar-refractivity contribution is 0.0467. The van der Waals surface area contributed by atoms with Gasteiger partial charge in [0.15, 0.2) is 0 Å². The van der Waals surface area contributed by atoms with Gasteiger partial charge in [-0.1, -0.05) is 29.3 Å². The lowest BCUT2D eigenvalue weighted by Gasteiger charge is -2.08. The van der Waals surface area contributed by atoms with Crippen LogP contribution in [0.2, 0.25) is 10.0 Å². The summed E-state index contributed by atoms with van der Waals surface area (Å²) in [4.78, 5) is 28.5. The predicted octanol–water partition coefficient (Wildman–Crippen LogP) is 3.67. The molecule has 0 saturated heterocycles. The highest BCUT2D eigenvalue weighted by Gasteiger charge is 2.11. The molecule has 0 amide bonds. The van der Waals surface area contributed by atoms with Gasteiger partial charge >= 0.3 is 5.97 Å². The van der Waals surface area contributed by atoms with Gasteiger partial charge in [0.1, 0.15) is 12.3 Å². The zero-order valence-electron chi connectivity index (χ0n) is 12.6. The molecule has 1 aromatic carbocycles. The largest absolute Gasteiger partial charge is 0.456 e. The van der Waals surface area contributed by atoms with Gasteiger partial charge in [0.2, 0.25) is 0 Å². The third kappa shape index (κ3) is 3.27. The van der Waals surface area contributed by atoms with E-state index in [9.17, 15) is 9.59 Å². The van der Waals surface area contributed by atoms with Crippen LogP contribution < -0.4 is 5.56 Å². The van der Waals surface area contributed by atoms with Crippen molar-refractivity contribution < 1.29 is 9.53 Å². The predicted molar refractivity (Wildman–Crippen MR) is 91.8 cm³/mol. The number of nitrogens with zero attached hydrogens (tertiary/aromatic N) is 2. The van der Waals surface area contributed by atoms with Crippen molar-refractivity contribution in [3.8, 4) is 0 Å². The summed E-state index contributed by atoms with van der Waals surface area (Å²) in [7, 11) is 0. The molecule has 0 N–H and O–H groups in total. The molecule has 0 spiro atoms. The topological polar surface area (TPSA) is 60.7 Å². The summed E-state index contributed by atoms with van der Waals surface area (Å²) in [6.45, 7) is 1.74. The number of esters is 1. The van der Waals surface area contributed by atoms with Crippen LogP contribution in [0.3, 0.4) is 0 Å². The number of halogens is 2. The molecule has 0 bridgehead atoms. The first-order valence-corrected chi connectivity index (χ1v) is 7.81. The Hall–Kier alpha value is -2.37. The molecule has 2 heterocycles. The van der Waals surface area contributed by atoms with Gasteiger partial charge in [0.25, 0.3) is 5.56 Å². The number of aryl methyl sites for hydroxylation is 1. The summed E-state index contributed by atoms with van der Waals surface area (Å²) < 4.78 is 6.65. The van der Waals surface area contributed by atoms with Gasteiger partial charge < -0.3 is 4.74 Å². The molecule has 0 unspecified atom stereocenters. The molecule has 0 aliphatic carbocycles. The Balaban J connectivity index is 1.83. The van der Waals surface area contributed by atoms with Crippen LogP contribution >= 0.6 is 23.2 Å². The van der Waals surface area contributed by atoms with Crippen LogP contribution in [-0.2, 0) is 11.3 Å². The Morgan fingerprint density at radius 2 is 2.00 bits per heavy atom. The third-order valence-corrected chi connectivity index (χ3v) is 4.18. The van der Waals surface area contributed by atoms with E-state index in [0.29, 0.717) is 16.4 Å². The molecule has 0 saturated carbocycles. The Morgan fingerprint density at radius 1 is 1.21 bits per heavy atom. The van der Waals surface area contributed by atoms with Gasteiger partial charge in [-0.15, -0.1) is 0 Å². The van der Waals surface area contributed by atoms with E-state index in [1.165, 1.54) is 28.7 Å². The van der Waals surface area contributed by atoms with Crippen LogP contribution in [0.1, 0.15) is 21.6 Å². The van der Waals surface area contributed by atoms with Crippen molar-refractivity contribution in [2.45, 2.75) is 13.5 Å². The average molecular weight is 363 g/mol. The Bertz CT molecular complexity index is 999. The highest BCUT2D eigenvalue weighted by atomic mass is 35.5. The van der Waals surface area contributed by atoms with E-state index >= 15 is 0 Å². The highest BCUT2D eigenvalue weighted by molar-refractivity contribution is 6.42. The number of aromatic nitrogens is 2. The number of hydrogen-bond donors (Lipinski definition) is 0. The number of rotatable bonds is 3. The fourth-order valence-corrected chi connectivity index (χ4v) is 2.53. The van der Waals surface area contributed by atoms with Crippen LogP contribution in [0, 0.1) is 6.92 Å². The molecule has 7 heteroatoms. The minimum absolute atomic E-state index is 0.112. The van der Waals surface area contributed by atoms with Crippen LogP contribution in [-0.4, -0.2) is 15.4 Å². The molecule has 0 atom stereocenters. The summed E-state index contributed by atoms with van der Waals surface area (Å²) in [5, 5.41) is 0.622. The van der Waals surface area contributed by atoms with Gasteiger partial charge in [-0.05, 0) is 36.8 Å². The van der Waals surface area contributed by atoms with E-state index in [1.54, 1.807) is 12.3 Å². The molecule has 5 nitrogen and oxygen atoms in total. The van der Waals surface area contributed by atoms with E-state index in [-0.39, 0.29) is 22.8 Å². The molecule has 3 rings (SSSR count). The van der Waals surface area contributed by atoms with Gasteiger partial charge in [0.05, 0.1) is 21.3 Å². The van der Waals surface area contributed by atoms with E-state index < -0.39 is 5.97 Å². The molecular weight excluding hydrogens is 351 g/mol. The smallest absolute Gasteiger partial charge is 0.338 e. The quantitative estimate of drug-likeness (QED) is 0.667. The second kappa shape index (κ2) is 6.63. The van der Waals surface area contributed by atoms with Gasteiger partial charge in [0, 0.05) is 12.3 Å². The number of pyridine rings is 1. The van der Waals surface area contributed by atoms with Crippen molar-refractivity contribution in [2.24, 2.45) is 0 Å². The number of benzene rings is 1. The molecular formula is C17H12Cl2N2O3. The maximum Gasteiger partial charge on any atom is 0.338 e. The van der Waals surface area contributed by atoms with E-state index in [2.05, 4.69) is 4.98 Å². The van der Waals surface area contributed by atoms with Crippen LogP contribution in [0.25, 0.3) is 5.65 Å². The molecule has 3 aromatic rings. The first-order chi connectivity index (χ1) is 11.5. The summed E-state index contributed by atoms with van der Waals surface area (Å²) in [5.74, 6) is -0.569. The molecule has 0 fully saturated rings. The van der Waals surface area contributed by atoms with Crippen molar-refractivity contribution in [3.63, 3.8) is 0 Å². The summed E-state index contributed by atoms with van der Waals surface area (Å²) in [6.07, 6.45) is 1.64. The molecule has 122 valence electrons. The second-order valence-corrected chi connectivity index (χ2v) is 5.99. The molecule has 0 radical (unpaired) electrons. The van der Waals surface area contributed by atoms with Crippen LogP contribution in [0.15, 0.2) is 47.4 Å². The zero-order chi connectivity index (χ0) is 17.3. The van der Waals surface area contributed by atoms with Crippen LogP contribution in [0.4, 0.5) is 0 Å². The maximum atomic E-state index is 12.1. The number of hydrogen-bond acceptors (Lipinski definition) is 4. The fourth-order valence-electron chi connectivity index (χ4n) is 2.23.